The lowest BCUT2D eigenvalue weighted by atomic mass is 9.96. The monoisotopic (exact) mass is 776 g/mol. The molecule has 0 bridgehead atoms. The topological polar surface area (TPSA) is 48.1 Å². The highest BCUT2D eigenvalue weighted by Crippen LogP contribution is 2.29. The van der Waals surface area contributed by atoms with Gasteiger partial charge in [0.15, 0.2) is 0 Å². The van der Waals surface area contributed by atoms with Crippen LogP contribution in [0.15, 0.2) is 230 Å². The summed E-state index contributed by atoms with van der Waals surface area (Å²) >= 11 is 0. The lowest BCUT2D eigenvalue weighted by Crippen LogP contribution is -2.00. The average molecular weight is 777 g/mol. The standard InChI is InChI=1S/C56H48N4/c1-5-13-43(14-6-1)39-57-51-29-21-47(22-30-51)55(48-23-31-52(32-24-48)58-40-44-15-7-2-8-16-44)37-38-56(49-25-33-53(34-26-49)59-41-45-17-9-3-10-18-45)50-27-35-54(36-28-50)60-42-46-19-11-4-12-20-46/h1-36,57-60H,39-42H2. The van der Waals surface area contributed by atoms with E-state index in [2.05, 4.69) is 227 Å². The second-order valence-corrected chi connectivity index (χ2v) is 14.7. The molecule has 0 spiro atoms. The van der Waals surface area contributed by atoms with E-state index in [0.717, 1.165) is 82.3 Å². The predicted octanol–water partition coefficient (Wildman–Crippen LogP) is 13.5. The van der Waals surface area contributed by atoms with Crippen molar-refractivity contribution in [1.29, 1.82) is 0 Å². The molecule has 8 rings (SSSR count). The number of anilines is 4. The van der Waals surface area contributed by atoms with Crippen LogP contribution in [-0.2, 0) is 26.2 Å². The Bertz CT molecular complexity index is 2280. The summed E-state index contributed by atoms with van der Waals surface area (Å²) in [5, 5.41) is 14.3. The Balaban J connectivity index is 1.15. The molecule has 292 valence electrons. The van der Waals surface area contributed by atoms with Crippen LogP contribution >= 0.6 is 0 Å². The molecule has 0 atom stereocenters. The summed E-state index contributed by atoms with van der Waals surface area (Å²) in [6.07, 6.45) is 0. The Morgan fingerprint density at radius 1 is 0.250 bits per heavy atom. The van der Waals surface area contributed by atoms with E-state index in [9.17, 15) is 0 Å². The zero-order valence-corrected chi connectivity index (χ0v) is 33.6. The molecule has 0 aliphatic carbocycles. The molecule has 0 fully saturated rings. The lowest BCUT2D eigenvalue weighted by molar-refractivity contribution is 1.15. The molecule has 0 heterocycles. The average Bonchev–Trinajstić information content (AvgIpc) is 3.33. The smallest absolute Gasteiger partial charge is 0.0400 e. The van der Waals surface area contributed by atoms with Crippen LogP contribution < -0.4 is 21.3 Å². The van der Waals surface area contributed by atoms with Crippen molar-refractivity contribution in [3.63, 3.8) is 0 Å². The van der Waals surface area contributed by atoms with Crippen LogP contribution in [-0.4, -0.2) is 0 Å². The number of rotatable bonds is 16. The van der Waals surface area contributed by atoms with Crippen LogP contribution in [0.2, 0.25) is 0 Å². The molecule has 0 saturated heterocycles. The van der Waals surface area contributed by atoms with Crippen LogP contribution in [0.25, 0.3) is 11.1 Å². The number of hydrogen-bond donors (Lipinski definition) is 4. The highest BCUT2D eigenvalue weighted by atomic mass is 14.9. The quantitative estimate of drug-likeness (QED) is 0.0738. The molecule has 0 unspecified atom stereocenters. The summed E-state index contributed by atoms with van der Waals surface area (Å²) in [6, 6.07) is 76.3. The van der Waals surface area contributed by atoms with Crippen LogP contribution in [0.5, 0.6) is 0 Å². The first-order valence-electron chi connectivity index (χ1n) is 20.5. The molecule has 0 amide bonds. The molecule has 8 aromatic carbocycles. The van der Waals surface area contributed by atoms with E-state index in [4.69, 9.17) is 0 Å². The summed E-state index contributed by atoms with van der Waals surface area (Å²) < 4.78 is 0. The Labute approximate surface area is 354 Å². The first-order chi connectivity index (χ1) is 29.7. The molecule has 60 heavy (non-hydrogen) atoms. The van der Waals surface area contributed by atoms with Crippen molar-refractivity contribution >= 4 is 33.9 Å². The molecule has 0 aromatic heterocycles. The van der Waals surface area contributed by atoms with Crippen molar-refractivity contribution in [3.05, 3.63) is 274 Å². The van der Waals surface area contributed by atoms with Gasteiger partial charge in [-0.15, -0.1) is 0 Å². The van der Waals surface area contributed by atoms with Gasteiger partial charge < -0.3 is 21.3 Å². The van der Waals surface area contributed by atoms with Gasteiger partial charge in [-0.25, -0.2) is 0 Å². The highest BCUT2D eigenvalue weighted by Gasteiger charge is 2.09. The van der Waals surface area contributed by atoms with Gasteiger partial charge in [-0.05, 0) is 93.0 Å². The van der Waals surface area contributed by atoms with E-state index in [1.807, 2.05) is 24.3 Å². The summed E-state index contributed by atoms with van der Waals surface area (Å²) in [5.41, 5.74) is 22.7. The molecule has 0 saturated carbocycles. The van der Waals surface area contributed by atoms with Crippen molar-refractivity contribution in [2.75, 3.05) is 21.3 Å². The first-order valence-corrected chi connectivity index (χ1v) is 20.5. The van der Waals surface area contributed by atoms with Gasteiger partial charge in [0.1, 0.15) is 0 Å². The maximum Gasteiger partial charge on any atom is 0.0400 e. The maximum absolute atomic E-state index is 3.68. The molecule has 0 aliphatic heterocycles. The fraction of sp³-hybridized carbons (Fsp3) is 0.0714. The van der Waals surface area contributed by atoms with Gasteiger partial charge in [0, 0.05) is 60.1 Å². The first kappa shape index (κ1) is 39.1. The zero-order chi connectivity index (χ0) is 40.6. The minimum atomic E-state index is 0.757. The second kappa shape index (κ2) is 20.1. The molecule has 0 aliphatic rings. The van der Waals surface area contributed by atoms with Crippen LogP contribution in [0.1, 0.15) is 44.5 Å². The summed E-state index contributed by atoms with van der Waals surface area (Å²) in [5.74, 6) is 0. The third-order valence-corrected chi connectivity index (χ3v) is 10.4. The fourth-order valence-corrected chi connectivity index (χ4v) is 6.97. The van der Waals surface area contributed by atoms with Gasteiger partial charge in [-0.3, -0.25) is 0 Å². The molecular formula is C56H48N4. The van der Waals surface area contributed by atoms with E-state index in [1.54, 1.807) is 0 Å². The maximum atomic E-state index is 3.68. The van der Waals surface area contributed by atoms with Gasteiger partial charge in [0.25, 0.3) is 0 Å². The van der Waals surface area contributed by atoms with Crippen molar-refractivity contribution in [1.82, 2.24) is 0 Å². The minimum absolute atomic E-state index is 0.757. The molecule has 4 heteroatoms. The van der Waals surface area contributed by atoms with Crippen LogP contribution in [0, 0.1) is 0 Å². The van der Waals surface area contributed by atoms with Crippen molar-refractivity contribution < 1.29 is 0 Å². The van der Waals surface area contributed by atoms with Gasteiger partial charge in [0.05, 0.1) is 0 Å². The summed E-state index contributed by atoms with van der Waals surface area (Å²) in [7, 11) is 0. The minimum Gasteiger partial charge on any atom is -0.381 e. The summed E-state index contributed by atoms with van der Waals surface area (Å²) in [4.78, 5) is 0. The van der Waals surface area contributed by atoms with E-state index in [1.165, 1.54) is 22.3 Å². The molecule has 4 nitrogen and oxygen atoms in total. The van der Waals surface area contributed by atoms with Crippen LogP contribution in [0.3, 0.4) is 0 Å². The zero-order valence-electron chi connectivity index (χ0n) is 33.6. The Morgan fingerprint density at radius 3 is 0.650 bits per heavy atom. The SMILES string of the molecule is C(=C=C(c1ccc(NCc2ccccc2)cc1)c1ccc(NCc2ccccc2)cc1)=C(c1ccc(NCc2ccccc2)cc1)c1ccc(NCc2ccccc2)cc1. The third-order valence-electron chi connectivity index (χ3n) is 10.4. The molecule has 4 N–H and O–H groups in total. The molecular weight excluding hydrogens is 729 g/mol. The summed E-state index contributed by atoms with van der Waals surface area (Å²) in [6.45, 7) is 3.03. The largest absolute Gasteiger partial charge is 0.381 e. The van der Waals surface area contributed by atoms with Crippen molar-refractivity contribution in [3.8, 4) is 0 Å². The van der Waals surface area contributed by atoms with Crippen molar-refractivity contribution in [2.45, 2.75) is 26.2 Å². The van der Waals surface area contributed by atoms with E-state index >= 15 is 0 Å². The number of benzene rings is 8. The van der Waals surface area contributed by atoms with Crippen molar-refractivity contribution in [2.24, 2.45) is 0 Å². The van der Waals surface area contributed by atoms with Gasteiger partial charge in [-0.1, -0.05) is 181 Å². The van der Waals surface area contributed by atoms with Crippen LogP contribution in [0.4, 0.5) is 22.7 Å². The van der Waals surface area contributed by atoms with E-state index in [-0.39, 0.29) is 0 Å². The second-order valence-electron chi connectivity index (χ2n) is 14.7. The number of nitrogens with one attached hydrogen (secondary N) is 4. The third kappa shape index (κ3) is 11.0. The lowest BCUT2D eigenvalue weighted by Gasteiger charge is -2.12. The Kier molecular flexibility index (Phi) is 13.1. The Hall–Kier alpha value is -7.74. The van der Waals surface area contributed by atoms with E-state index < -0.39 is 0 Å². The molecule has 0 radical (unpaired) electrons. The van der Waals surface area contributed by atoms with Gasteiger partial charge in [0.2, 0.25) is 0 Å². The predicted molar refractivity (Wildman–Crippen MR) is 253 cm³/mol. The Morgan fingerprint density at radius 2 is 0.450 bits per heavy atom. The fourth-order valence-electron chi connectivity index (χ4n) is 6.97. The van der Waals surface area contributed by atoms with Gasteiger partial charge >= 0.3 is 0 Å². The molecule has 8 aromatic rings. The highest BCUT2D eigenvalue weighted by molar-refractivity contribution is 5.84. The number of hydrogen-bond acceptors (Lipinski definition) is 4. The normalized spacial score (nSPS) is 10.5. The van der Waals surface area contributed by atoms with Gasteiger partial charge in [-0.2, -0.15) is 0 Å². The van der Waals surface area contributed by atoms with E-state index in [0.29, 0.717) is 0 Å².